The number of hydrogen-bond donors (Lipinski definition) is 3. The van der Waals surface area contributed by atoms with E-state index in [0.29, 0.717) is 6.54 Å². The number of nitrogens with one attached hydrogen (secondary N) is 2. The molecule has 8 heteroatoms. The molecule has 2 unspecified atom stereocenters. The fraction of sp³-hybridized carbons (Fsp3) is 0.500. The highest BCUT2D eigenvalue weighted by Crippen LogP contribution is 2.27. The second kappa shape index (κ2) is 13.8. The van der Waals surface area contributed by atoms with Crippen LogP contribution in [0.4, 0.5) is 4.79 Å². The highest BCUT2D eigenvalue weighted by atomic mass is 16.6. The molecule has 208 valence electrons. The maximum Gasteiger partial charge on any atom is 0.408 e. The zero-order chi connectivity index (χ0) is 28.5. The third-order valence-corrected chi connectivity index (χ3v) is 6.11. The van der Waals surface area contributed by atoms with Gasteiger partial charge in [-0.25, -0.2) is 4.79 Å². The first-order valence-electron chi connectivity index (χ1n) is 13.3. The van der Waals surface area contributed by atoms with E-state index < -0.39 is 29.7 Å². The number of alkyl carbamates (subject to hydrolysis) is 1. The summed E-state index contributed by atoms with van der Waals surface area (Å²) in [6.45, 7) is 13.7. The molecule has 3 amide bonds. The van der Waals surface area contributed by atoms with Crippen molar-refractivity contribution in [1.29, 1.82) is 0 Å². The average molecular weight is 526 g/mol. The molecule has 0 saturated carbocycles. The van der Waals surface area contributed by atoms with Crippen molar-refractivity contribution >= 4 is 17.9 Å². The Morgan fingerprint density at radius 2 is 1.68 bits per heavy atom. The van der Waals surface area contributed by atoms with E-state index in [4.69, 9.17) is 4.74 Å². The molecule has 0 aliphatic rings. The first kappa shape index (κ1) is 30.7. The van der Waals surface area contributed by atoms with Crippen LogP contribution in [0, 0.1) is 13.8 Å². The number of phenols is 1. The van der Waals surface area contributed by atoms with Gasteiger partial charge in [0, 0.05) is 19.5 Å². The molecule has 0 spiro atoms. The van der Waals surface area contributed by atoms with Gasteiger partial charge in [-0.1, -0.05) is 49.2 Å². The number of nitrogens with zero attached hydrogens (tertiary/aromatic N) is 1. The zero-order valence-electron chi connectivity index (χ0n) is 23.8. The molecule has 2 aromatic carbocycles. The Bertz CT molecular complexity index is 1090. The topological polar surface area (TPSA) is 108 Å². The van der Waals surface area contributed by atoms with E-state index in [1.807, 2.05) is 45.9 Å². The Morgan fingerprint density at radius 3 is 2.26 bits per heavy atom. The number of carbonyl (C=O) groups excluding carboxylic acids is 3. The van der Waals surface area contributed by atoms with Gasteiger partial charge in [0.1, 0.15) is 23.4 Å². The van der Waals surface area contributed by atoms with Gasteiger partial charge in [0.15, 0.2) is 0 Å². The maximum absolute atomic E-state index is 14.1. The molecule has 0 saturated heterocycles. The largest absolute Gasteiger partial charge is 0.508 e. The fourth-order valence-electron chi connectivity index (χ4n) is 4.17. The molecule has 0 bridgehead atoms. The molecular weight excluding hydrogens is 482 g/mol. The molecule has 0 aliphatic carbocycles. The standard InChI is InChI=1S/C30H43N3O5/c1-8-10-17-31-27(35)26(24-18-20(3)11-12-21(24)4)33(9-2)28(36)25(32-29(37)38-30(5,6)7)19-22-13-15-23(34)16-14-22/h11-16,18,25-26,34H,8-10,17,19H2,1-7H3,(H,31,35)(H,32,37). The monoisotopic (exact) mass is 525 g/mol. The van der Waals surface area contributed by atoms with Crippen molar-refractivity contribution in [3.05, 3.63) is 64.7 Å². The molecule has 8 nitrogen and oxygen atoms in total. The lowest BCUT2D eigenvalue weighted by Gasteiger charge is -2.34. The van der Waals surface area contributed by atoms with Gasteiger partial charge in [0.2, 0.25) is 11.8 Å². The van der Waals surface area contributed by atoms with E-state index in [0.717, 1.165) is 35.1 Å². The SMILES string of the molecule is CCCCNC(=O)C(c1cc(C)ccc1C)N(CC)C(=O)C(Cc1ccc(O)cc1)NC(=O)OC(C)(C)C. The van der Waals surface area contributed by atoms with Crippen LogP contribution < -0.4 is 10.6 Å². The lowest BCUT2D eigenvalue weighted by atomic mass is 9.95. The van der Waals surface area contributed by atoms with Crippen molar-refractivity contribution < 1.29 is 24.2 Å². The van der Waals surface area contributed by atoms with Gasteiger partial charge in [-0.3, -0.25) is 9.59 Å². The van der Waals surface area contributed by atoms with Gasteiger partial charge < -0.3 is 25.4 Å². The number of phenolic OH excluding ortho intramolecular Hbond substituents is 1. The van der Waals surface area contributed by atoms with E-state index in [2.05, 4.69) is 10.6 Å². The molecule has 0 radical (unpaired) electrons. The number of benzene rings is 2. The molecule has 2 rings (SSSR count). The number of rotatable bonds is 11. The first-order valence-corrected chi connectivity index (χ1v) is 13.3. The van der Waals surface area contributed by atoms with Crippen molar-refractivity contribution in [1.82, 2.24) is 15.5 Å². The Morgan fingerprint density at radius 1 is 1.03 bits per heavy atom. The molecule has 2 aromatic rings. The highest BCUT2D eigenvalue weighted by molar-refractivity contribution is 5.92. The van der Waals surface area contributed by atoms with Crippen LogP contribution in [0.5, 0.6) is 5.75 Å². The number of carbonyl (C=O) groups is 3. The minimum Gasteiger partial charge on any atom is -0.508 e. The minimum atomic E-state index is -0.995. The van der Waals surface area contributed by atoms with E-state index >= 15 is 0 Å². The van der Waals surface area contributed by atoms with Crippen molar-refractivity contribution in [3.8, 4) is 5.75 Å². The van der Waals surface area contributed by atoms with Crippen LogP contribution in [0.3, 0.4) is 0 Å². The number of amides is 3. The Kier molecular flexibility index (Phi) is 11.2. The van der Waals surface area contributed by atoms with Crippen LogP contribution in [-0.2, 0) is 20.7 Å². The third kappa shape index (κ3) is 9.08. The molecule has 0 fully saturated rings. The Balaban J connectivity index is 2.50. The number of likely N-dealkylation sites (N-methyl/N-ethyl adjacent to an activating group) is 1. The first-order chi connectivity index (χ1) is 17.9. The predicted molar refractivity (Wildman–Crippen MR) is 149 cm³/mol. The van der Waals surface area contributed by atoms with E-state index in [-0.39, 0.29) is 24.6 Å². The van der Waals surface area contributed by atoms with Crippen molar-refractivity contribution in [2.24, 2.45) is 0 Å². The maximum atomic E-state index is 14.1. The normalized spacial score (nSPS) is 12.8. The van der Waals surface area contributed by atoms with E-state index in [9.17, 15) is 19.5 Å². The van der Waals surface area contributed by atoms with Gasteiger partial charge >= 0.3 is 6.09 Å². The zero-order valence-corrected chi connectivity index (χ0v) is 23.8. The Labute approximate surface area is 226 Å². The molecular formula is C30H43N3O5. The number of unbranched alkanes of at least 4 members (excludes halogenated alkanes) is 1. The van der Waals surface area contributed by atoms with E-state index in [1.165, 1.54) is 17.0 Å². The van der Waals surface area contributed by atoms with Crippen molar-refractivity contribution in [2.45, 2.75) is 85.4 Å². The van der Waals surface area contributed by atoms with Gasteiger partial charge in [-0.2, -0.15) is 0 Å². The Hall–Kier alpha value is -3.55. The second-order valence-electron chi connectivity index (χ2n) is 10.6. The van der Waals surface area contributed by atoms with E-state index in [1.54, 1.807) is 32.9 Å². The highest BCUT2D eigenvalue weighted by Gasteiger charge is 2.36. The van der Waals surface area contributed by atoms with Crippen LogP contribution in [0.15, 0.2) is 42.5 Å². The van der Waals surface area contributed by atoms with Crippen LogP contribution in [-0.4, -0.2) is 52.6 Å². The quantitative estimate of drug-likeness (QED) is 0.360. The summed E-state index contributed by atoms with van der Waals surface area (Å²) in [4.78, 5) is 42.0. The summed E-state index contributed by atoms with van der Waals surface area (Å²) in [5.41, 5.74) is 2.61. The van der Waals surface area contributed by atoms with Crippen LogP contribution >= 0.6 is 0 Å². The molecule has 0 aliphatic heterocycles. The smallest absolute Gasteiger partial charge is 0.408 e. The molecule has 0 aromatic heterocycles. The fourth-order valence-corrected chi connectivity index (χ4v) is 4.17. The van der Waals surface area contributed by atoms with Crippen molar-refractivity contribution in [3.63, 3.8) is 0 Å². The number of aryl methyl sites for hydroxylation is 2. The third-order valence-electron chi connectivity index (χ3n) is 6.11. The average Bonchev–Trinajstić information content (AvgIpc) is 2.83. The summed E-state index contributed by atoms with van der Waals surface area (Å²) in [5.74, 6) is -0.559. The summed E-state index contributed by atoms with van der Waals surface area (Å²) in [6, 6.07) is 10.4. The number of hydrogen-bond acceptors (Lipinski definition) is 5. The molecule has 3 N–H and O–H groups in total. The molecule has 38 heavy (non-hydrogen) atoms. The van der Waals surface area contributed by atoms with Crippen LogP contribution in [0.1, 0.15) is 75.8 Å². The predicted octanol–water partition coefficient (Wildman–Crippen LogP) is 4.95. The summed E-state index contributed by atoms with van der Waals surface area (Å²) in [7, 11) is 0. The van der Waals surface area contributed by atoms with Gasteiger partial charge in [-0.05, 0) is 76.8 Å². The van der Waals surface area contributed by atoms with Gasteiger partial charge in [-0.15, -0.1) is 0 Å². The van der Waals surface area contributed by atoms with Crippen molar-refractivity contribution in [2.75, 3.05) is 13.1 Å². The van der Waals surface area contributed by atoms with Gasteiger partial charge in [0.05, 0.1) is 0 Å². The lowest BCUT2D eigenvalue weighted by Crippen LogP contribution is -2.54. The summed E-state index contributed by atoms with van der Waals surface area (Å²) >= 11 is 0. The van der Waals surface area contributed by atoms with Gasteiger partial charge in [0.25, 0.3) is 0 Å². The summed E-state index contributed by atoms with van der Waals surface area (Å²) in [6.07, 6.45) is 1.20. The second-order valence-corrected chi connectivity index (χ2v) is 10.6. The van der Waals surface area contributed by atoms with Crippen LogP contribution in [0.2, 0.25) is 0 Å². The number of aromatic hydroxyl groups is 1. The molecule has 0 heterocycles. The van der Waals surface area contributed by atoms with Crippen LogP contribution in [0.25, 0.3) is 0 Å². The minimum absolute atomic E-state index is 0.102. The summed E-state index contributed by atoms with van der Waals surface area (Å²) < 4.78 is 5.44. The number of ether oxygens (including phenoxy) is 1. The summed E-state index contributed by atoms with van der Waals surface area (Å²) in [5, 5.41) is 15.4. The lowest BCUT2D eigenvalue weighted by molar-refractivity contribution is -0.142. The molecule has 2 atom stereocenters.